The van der Waals surface area contributed by atoms with Gasteiger partial charge in [0.05, 0.1) is 11.3 Å². The van der Waals surface area contributed by atoms with Gasteiger partial charge in [-0.3, -0.25) is 0 Å². The molecule has 2 aliphatic carbocycles. The van der Waals surface area contributed by atoms with E-state index in [1.165, 1.54) is 12.1 Å². The Hall–Kier alpha value is -1.94. The summed E-state index contributed by atoms with van der Waals surface area (Å²) in [7, 11) is 0. The Morgan fingerprint density at radius 2 is 1.42 bits per heavy atom. The molecule has 0 saturated heterocycles. The molecule has 0 aromatic heterocycles. The first-order valence-corrected chi connectivity index (χ1v) is 7.78. The van der Waals surface area contributed by atoms with Gasteiger partial charge in [-0.1, -0.05) is 54.7 Å². The molecule has 2 nitrogen and oxygen atoms in total. The molecule has 0 amide bonds. The summed E-state index contributed by atoms with van der Waals surface area (Å²) in [6, 6.07) is 2.86. The molecule has 0 bridgehead atoms. The maximum Gasteiger partial charge on any atom is 0.418 e. The summed E-state index contributed by atoms with van der Waals surface area (Å²) in [6.07, 6.45) is 10.8. The molecule has 6 heteroatoms. The average Bonchev–Trinajstić information content (AvgIpc) is 3.16. The molecule has 0 unspecified atom stereocenters. The van der Waals surface area contributed by atoms with E-state index in [2.05, 4.69) is 4.99 Å². The number of halogens is 3. The van der Waals surface area contributed by atoms with Crippen LogP contribution in [0.2, 0.25) is 0 Å². The molecular formula is C20H16F3NOTi. The second-order valence-corrected chi connectivity index (χ2v) is 6.58. The Kier molecular flexibility index (Phi) is 5.48. The van der Waals surface area contributed by atoms with Gasteiger partial charge in [-0.15, -0.1) is 0 Å². The first-order chi connectivity index (χ1) is 11.7. The number of allylic oxidation sites excluding steroid dienone is 8. The number of aliphatic imine (C=N–C) groups is 1. The summed E-state index contributed by atoms with van der Waals surface area (Å²) in [5.74, 6) is 0. The van der Waals surface area contributed by atoms with Crippen molar-refractivity contribution >= 4 is 11.8 Å². The molecular weight excluding hydrogens is 375 g/mol. The third-order valence-electron chi connectivity index (χ3n) is 4.74. The van der Waals surface area contributed by atoms with E-state index in [0.29, 0.717) is 5.56 Å². The van der Waals surface area contributed by atoms with Crippen molar-refractivity contribution in [2.24, 2.45) is 4.99 Å². The first-order valence-electron chi connectivity index (χ1n) is 7.78. The summed E-state index contributed by atoms with van der Waals surface area (Å²) >= 11 is 0. The number of benzene rings is 1. The van der Waals surface area contributed by atoms with E-state index in [-0.39, 0.29) is 27.3 Å². The Balaban J connectivity index is 0.00000243. The number of alkyl halides is 3. The van der Waals surface area contributed by atoms with Crippen molar-refractivity contribution in [3.8, 4) is 0 Å². The Morgan fingerprint density at radius 1 is 0.923 bits per heavy atom. The summed E-state index contributed by atoms with van der Waals surface area (Å²) in [6.45, 7) is 3.58. The molecule has 1 aromatic rings. The van der Waals surface area contributed by atoms with E-state index in [9.17, 15) is 18.0 Å². The van der Waals surface area contributed by atoms with Gasteiger partial charge >= 0.3 is 6.18 Å². The van der Waals surface area contributed by atoms with Crippen LogP contribution in [-0.4, -0.2) is 6.08 Å². The van der Waals surface area contributed by atoms with Crippen molar-refractivity contribution in [3.05, 3.63) is 77.4 Å². The monoisotopic (exact) mass is 391 g/mol. The third kappa shape index (κ3) is 3.35. The smallest absolute Gasteiger partial charge is 0.211 e. The van der Waals surface area contributed by atoms with Crippen LogP contribution in [0.15, 0.2) is 65.7 Å². The molecule has 3 rings (SSSR count). The van der Waals surface area contributed by atoms with Crippen LogP contribution in [0.5, 0.6) is 0 Å². The van der Waals surface area contributed by atoms with Crippen molar-refractivity contribution < 1.29 is 39.7 Å². The van der Waals surface area contributed by atoms with Crippen LogP contribution in [0.4, 0.5) is 18.9 Å². The second-order valence-electron chi connectivity index (χ2n) is 6.58. The third-order valence-corrected chi connectivity index (χ3v) is 4.74. The molecule has 0 saturated carbocycles. The summed E-state index contributed by atoms with van der Waals surface area (Å²) in [5, 5.41) is 0. The van der Waals surface area contributed by atoms with Gasteiger partial charge in [-0.2, -0.15) is 18.2 Å². The van der Waals surface area contributed by atoms with Crippen molar-refractivity contribution in [1.29, 1.82) is 0 Å². The summed E-state index contributed by atoms with van der Waals surface area (Å²) < 4.78 is 41.9. The molecule has 0 heterocycles. The summed E-state index contributed by atoms with van der Waals surface area (Å²) in [4.78, 5) is 14.0. The quantitative estimate of drug-likeness (QED) is 0.384. The molecule has 0 radical (unpaired) electrons. The molecule has 26 heavy (non-hydrogen) atoms. The Bertz CT molecular complexity index is 863. The van der Waals surface area contributed by atoms with E-state index in [1.807, 2.05) is 31.2 Å². The fraction of sp³-hybridized carbons (Fsp3) is 0.250. The standard InChI is InChI=1S/C20H16F3NO.Ti/c1-18(9-3-4-10-18)14-7-8-15(24-13-25)17(20(21,22)23)16(14)19(2)11-5-6-12-19;/h3-12H,1-2H3;. The minimum atomic E-state index is -4.66. The van der Waals surface area contributed by atoms with Gasteiger partial charge in [0.25, 0.3) is 0 Å². The fourth-order valence-electron chi connectivity index (χ4n) is 3.51. The Labute approximate surface area is 164 Å². The van der Waals surface area contributed by atoms with Gasteiger partial charge in [0, 0.05) is 32.5 Å². The molecule has 0 N–H and O–H groups in total. The van der Waals surface area contributed by atoms with Crippen LogP contribution in [0.1, 0.15) is 30.5 Å². The van der Waals surface area contributed by atoms with Crippen molar-refractivity contribution in [1.82, 2.24) is 0 Å². The predicted octanol–water partition coefficient (Wildman–Crippen LogP) is 5.44. The number of carbonyl (C=O) groups excluding carboxylic acids is 1. The number of hydrogen-bond donors (Lipinski definition) is 0. The molecule has 132 valence electrons. The fourth-order valence-corrected chi connectivity index (χ4v) is 3.51. The zero-order valence-corrected chi connectivity index (χ0v) is 15.8. The van der Waals surface area contributed by atoms with Gasteiger partial charge in [-0.05, 0) is 31.0 Å². The van der Waals surface area contributed by atoms with Crippen molar-refractivity contribution in [2.45, 2.75) is 30.9 Å². The SMILES string of the molecule is CC1(c2ccc(N=C=O)c(C(F)(F)F)c2C2(C)C=CC=C2)C=CC=C1.[Ti]. The summed E-state index contributed by atoms with van der Waals surface area (Å²) in [5.41, 5.74) is -2.25. The van der Waals surface area contributed by atoms with E-state index < -0.39 is 28.3 Å². The van der Waals surface area contributed by atoms with Gasteiger partial charge in [0.15, 0.2) is 0 Å². The Morgan fingerprint density at radius 3 is 1.88 bits per heavy atom. The van der Waals surface area contributed by atoms with Crippen LogP contribution in [-0.2, 0) is 43.5 Å². The van der Waals surface area contributed by atoms with Crippen LogP contribution in [0.3, 0.4) is 0 Å². The van der Waals surface area contributed by atoms with Crippen LogP contribution < -0.4 is 0 Å². The maximum atomic E-state index is 14.0. The van der Waals surface area contributed by atoms with Gasteiger partial charge in [0.2, 0.25) is 6.08 Å². The van der Waals surface area contributed by atoms with Gasteiger partial charge < -0.3 is 0 Å². The van der Waals surface area contributed by atoms with Gasteiger partial charge in [0.1, 0.15) is 0 Å². The largest absolute Gasteiger partial charge is 0.418 e. The molecule has 0 atom stereocenters. The van der Waals surface area contributed by atoms with Crippen LogP contribution in [0.25, 0.3) is 0 Å². The normalized spacial score (nSPS) is 18.7. The first kappa shape index (κ1) is 20.4. The van der Waals surface area contributed by atoms with E-state index in [0.717, 1.165) is 0 Å². The number of rotatable bonds is 3. The number of hydrogen-bond acceptors (Lipinski definition) is 2. The van der Waals surface area contributed by atoms with Gasteiger partial charge in [-0.25, -0.2) is 4.79 Å². The maximum absolute atomic E-state index is 14.0. The predicted molar refractivity (Wildman–Crippen MR) is 90.5 cm³/mol. The molecule has 2 aliphatic rings. The van der Waals surface area contributed by atoms with Crippen LogP contribution >= 0.6 is 0 Å². The van der Waals surface area contributed by atoms with Crippen LogP contribution in [0, 0.1) is 0 Å². The minimum Gasteiger partial charge on any atom is -0.211 e. The molecule has 0 aliphatic heterocycles. The molecule has 0 fully saturated rings. The zero-order valence-electron chi connectivity index (χ0n) is 14.3. The average molecular weight is 391 g/mol. The number of nitrogens with zero attached hydrogens (tertiary/aromatic N) is 1. The molecule has 0 spiro atoms. The van der Waals surface area contributed by atoms with E-state index >= 15 is 0 Å². The minimum absolute atomic E-state index is 0. The number of isocyanates is 1. The molecule has 1 aromatic carbocycles. The van der Waals surface area contributed by atoms with E-state index in [1.54, 1.807) is 37.3 Å². The zero-order chi connectivity index (χ0) is 18.3. The second kappa shape index (κ2) is 7.00. The van der Waals surface area contributed by atoms with E-state index in [4.69, 9.17) is 0 Å². The van der Waals surface area contributed by atoms with Crippen molar-refractivity contribution in [2.75, 3.05) is 0 Å². The van der Waals surface area contributed by atoms with Crippen molar-refractivity contribution in [3.63, 3.8) is 0 Å². The topological polar surface area (TPSA) is 29.4 Å².